The first-order chi connectivity index (χ1) is 16.0. The molecule has 3 aromatic rings. The van der Waals surface area contributed by atoms with Gasteiger partial charge < -0.3 is 4.74 Å². The van der Waals surface area contributed by atoms with E-state index in [1.54, 1.807) is 6.20 Å². The van der Waals surface area contributed by atoms with Crippen molar-refractivity contribution in [3.05, 3.63) is 59.5 Å². The SMILES string of the molecule is CCc1cc2c(c(C(C)C)c1)CC(=O)NS(=O)(=O)c1cnn(c1)C(C)(C)COc1cc-2ccn1. The average molecular weight is 483 g/mol. The molecule has 3 heterocycles. The fourth-order valence-electron chi connectivity index (χ4n) is 4.08. The van der Waals surface area contributed by atoms with Crippen molar-refractivity contribution in [2.24, 2.45) is 0 Å². The number of sulfonamides is 1. The zero-order valence-corrected chi connectivity index (χ0v) is 20.9. The van der Waals surface area contributed by atoms with Crippen molar-refractivity contribution in [1.82, 2.24) is 19.5 Å². The van der Waals surface area contributed by atoms with E-state index in [2.05, 4.69) is 47.7 Å². The van der Waals surface area contributed by atoms with Crippen LogP contribution in [0.3, 0.4) is 0 Å². The molecule has 1 aromatic carbocycles. The number of benzene rings is 1. The Labute approximate surface area is 200 Å². The molecule has 1 amide bonds. The molecule has 0 saturated heterocycles. The molecule has 0 unspecified atom stereocenters. The van der Waals surface area contributed by atoms with Gasteiger partial charge in [0.05, 0.1) is 18.2 Å². The van der Waals surface area contributed by atoms with E-state index < -0.39 is 21.5 Å². The van der Waals surface area contributed by atoms with Crippen molar-refractivity contribution >= 4 is 15.9 Å². The summed E-state index contributed by atoms with van der Waals surface area (Å²) in [5, 5.41) is 4.21. The van der Waals surface area contributed by atoms with Crippen LogP contribution in [0.25, 0.3) is 11.1 Å². The molecule has 0 saturated carbocycles. The molecule has 0 radical (unpaired) electrons. The standard InChI is InChI=1S/C25H30N4O4S/c1-6-17-9-20(16(2)3)22-12-23(30)28-34(31,32)19-13-27-29(14-19)25(4,5)15-33-24-11-18(7-8-26-24)21(22)10-17/h7-11,13-14,16H,6,12,15H2,1-5H3,(H,28,30). The molecule has 0 aliphatic carbocycles. The number of carbonyl (C=O) groups is 1. The summed E-state index contributed by atoms with van der Waals surface area (Å²) in [4.78, 5) is 17.3. The van der Waals surface area contributed by atoms with E-state index in [-0.39, 0.29) is 23.8 Å². The number of aryl methyl sites for hydroxylation is 1. The second-order valence-corrected chi connectivity index (χ2v) is 11.2. The van der Waals surface area contributed by atoms with E-state index in [1.165, 1.54) is 17.1 Å². The molecule has 1 aliphatic heterocycles. The van der Waals surface area contributed by atoms with Crippen LogP contribution in [-0.4, -0.2) is 35.7 Å². The van der Waals surface area contributed by atoms with Gasteiger partial charge in [0.2, 0.25) is 11.8 Å². The number of carbonyl (C=O) groups excluding carboxylic acids is 1. The zero-order chi connectivity index (χ0) is 24.7. The van der Waals surface area contributed by atoms with Gasteiger partial charge in [-0.15, -0.1) is 0 Å². The lowest BCUT2D eigenvalue weighted by molar-refractivity contribution is -0.118. The quantitative estimate of drug-likeness (QED) is 0.596. The number of aromatic nitrogens is 3. The molecule has 0 spiro atoms. The van der Waals surface area contributed by atoms with Crippen LogP contribution in [-0.2, 0) is 33.2 Å². The molecule has 8 nitrogen and oxygen atoms in total. The highest BCUT2D eigenvalue weighted by Crippen LogP contribution is 2.34. The van der Waals surface area contributed by atoms with Crippen molar-refractivity contribution in [3.8, 4) is 17.0 Å². The molecule has 180 valence electrons. The molecule has 1 aliphatic rings. The molecule has 2 aromatic heterocycles. The Kier molecular flexibility index (Phi) is 6.24. The number of hydrogen-bond acceptors (Lipinski definition) is 6. The van der Waals surface area contributed by atoms with Gasteiger partial charge in [-0.25, -0.2) is 18.1 Å². The minimum atomic E-state index is -4.08. The van der Waals surface area contributed by atoms with Gasteiger partial charge in [0.1, 0.15) is 11.5 Å². The number of hydrogen-bond donors (Lipinski definition) is 1. The smallest absolute Gasteiger partial charge is 0.267 e. The fraction of sp³-hybridized carbons (Fsp3) is 0.400. The molecule has 0 fully saturated rings. The van der Waals surface area contributed by atoms with Gasteiger partial charge in [-0.2, -0.15) is 5.10 Å². The first-order valence-corrected chi connectivity index (χ1v) is 12.8. The minimum Gasteiger partial charge on any atom is -0.475 e. The topological polar surface area (TPSA) is 103 Å². The summed E-state index contributed by atoms with van der Waals surface area (Å²) >= 11 is 0. The molecule has 34 heavy (non-hydrogen) atoms. The lowest BCUT2D eigenvalue weighted by atomic mass is 9.86. The third-order valence-electron chi connectivity index (χ3n) is 6.07. The van der Waals surface area contributed by atoms with Gasteiger partial charge in [-0.05, 0) is 60.1 Å². The Bertz CT molecular complexity index is 1340. The number of ether oxygens (including phenoxy) is 1. The first kappa shape index (κ1) is 23.9. The Morgan fingerprint density at radius 1 is 1.24 bits per heavy atom. The summed E-state index contributed by atoms with van der Waals surface area (Å²) in [6.45, 7) is 10.2. The second kappa shape index (κ2) is 8.87. The normalized spacial score (nSPS) is 17.2. The predicted octanol–water partition coefficient (Wildman–Crippen LogP) is 3.81. The Morgan fingerprint density at radius 3 is 2.71 bits per heavy atom. The van der Waals surface area contributed by atoms with Crippen molar-refractivity contribution in [2.75, 3.05) is 6.61 Å². The fourth-order valence-corrected chi connectivity index (χ4v) is 5.00. The van der Waals surface area contributed by atoms with Crippen LogP contribution >= 0.6 is 0 Å². The predicted molar refractivity (Wildman–Crippen MR) is 129 cm³/mol. The van der Waals surface area contributed by atoms with Crippen LogP contribution in [0.4, 0.5) is 0 Å². The second-order valence-electron chi connectivity index (χ2n) is 9.53. The maximum absolute atomic E-state index is 13.0. The highest BCUT2D eigenvalue weighted by atomic mass is 32.2. The van der Waals surface area contributed by atoms with Gasteiger partial charge in [0.15, 0.2) is 0 Å². The summed E-state index contributed by atoms with van der Waals surface area (Å²) in [6, 6.07) is 7.91. The highest BCUT2D eigenvalue weighted by Gasteiger charge is 2.28. The van der Waals surface area contributed by atoms with E-state index in [0.29, 0.717) is 5.88 Å². The van der Waals surface area contributed by atoms with Crippen molar-refractivity contribution in [1.29, 1.82) is 0 Å². The zero-order valence-electron chi connectivity index (χ0n) is 20.1. The largest absolute Gasteiger partial charge is 0.475 e. The molecule has 4 bridgehead atoms. The number of rotatable bonds is 2. The number of amides is 1. The lowest BCUT2D eigenvalue weighted by Gasteiger charge is -2.25. The van der Waals surface area contributed by atoms with E-state index in [1.807, 2.05) is 26.0 Å². The number of nitrogens with zero attached hydrogens (tertiary/aromatic N) is 3. The molecule has 1 N–H and O–H groups in total. The first-order valence-electron chi connectivity index (χ1n) is 11.4. The highest BCUT2D eigenvalue weighted by molar-refractivity contribution is 7.90. The van der Waals surface area contributed by atoms with Gasteiger partial charge in [-0.1, -0.05) is 32.9 Å². The van der Waals surface area contributed by atoms with Gasteiger partial charge in [0, 0.05) is 18.5 Å². The summed E-state index contributed by atoms with van der Waals surface area (Å²) < 4.78 is 35.7. The number of nitrogens with one attached hydrogen (secondary N) is 1. The summed E-state index contributed by atoms with van der Waals surface area (Å²) in [7, 11) is -4.08. The van der Waals surface area contributed by atoms with Gasteiger partial charge in [0.25, 0.3) is 10.0 Å². The van der Waals surface area contributed by atoms with Crippen molar-refractivity contribution < 1.29 is 17.9 Å². The average Bonchev–Trinajstić information content (AvgIpc) is 3.29. The van der Waals surface area contributed by atoms with Crippen LogP contribution in [0.5, 0.6) is 5.88 Å². The van der Waals surface area contributed by atoms with Crippen LogP contribution in [0.15, 0.2) is 47.8 Å². The summed E-state index contributed by atoms with van der Waals surface area (Å²) in [5.74, 6) is -0.00742. The summed E-state index contributed by atoms with van der Waals surface area (Å²) in [5.41, 5.74) is 4.03. The van der Waals surface area contributed by atoms with Crippen LogP contribution in [0.2, 0.25) is 0 Å². The monoisotopic (exact) mass is 482 g/mol. The maximum Gasteiger partial charge on any atom is 0.267 e. The third kappa shape index (κ3) is 4.70. The summed E-state index contributed by atoms with van der Waals surface area (Å²) in [6.07, 6.45) is 5.08. The molecule has 4 rings (SSSR count). The van der Waals surface area contributed by atoms with E-state index in [4.69, 9.17) is 4.74 Å². The Balaban J connectivity index is 1.92. The molecular weight excluding hydrogens is 452 g/mol. The molecular formula is C25H30N4O4S. The van der Waals surface area contributed by atoms with Gasteiger partial charge in [-0.3, -0.25) is 9.48 Å². The van der Waals surface area contributed by atoms with Crippen molar-refractivity contribution in [3.63, 3.8) is 0 Å². The van der Waals surface area contributed by atoms with E-state index in [9.17, 15) is 13.2 Å². The van der Waals surface area contributed by atoms with Crippen LogP contribution in [0, 0.1) is 0 Å². The van der Waals surface area contributed by atoms with Crippen molar-refractivity contribution in [2.45, 2.75) is 63.8 Å². The maximum atomic E-state index is 13.0. The molecule has 9 heteroatoms. The molecule has 0 atom stereocenters. The van der Waals surface area contributed by atoms with Crippen LogP contribution < -0.4 is 9.46 Å². The van der Waals surface area contributed by atoms with E-state index >= 15 is 0 Å². The van der Waals surface area contributed by atoms with Gasteiger partial charge >= 0.3 is 0 Å². The lowest BCUT2D eigenvalue weighted by Crippen LogP contribution is -2.34. The van der Waals surface area contributed by atoms with Crippen LogP contribution in [0.1, 0.15) is 57.2 Å². The minimum absolute atomic E-state index is 0.0758. The van der Waals surface area contributed by atoms with E-state index in [0.717, 1.165) is 34.2 Å². The number of fused-ring (bicyclic) bond motifs is 6. The Hall–Kier alpha value is -3.20. The number of pyridine rings is 1. The Morgan fingerprint density at radius 2 is 2.00 bits per heavy atom. The third-order valence-corrected chi connectivity index (χ3v) is 7.40.